The van der Waals surface area contributed by atoms with Gasteiger partial charge in [0.25, 0.3) is 0 Å². The van der Waals surface area contributed by atoms with Crippen molar-refractivity contribution in [3.05, 3.63) is 64.8 Å². The Labute approximate surface area is 146 Å². The minimum Gasteiger partial charge on any atom is -0.256 e. The zero-order valence-electron chi connectivity index (χ0n) is 14.1. The van der Waals surface area contributed by atoms with Gasteiger partial charge in [-0.15, -0.1) is 0 Å². The van der Waals surface area contributed by atoms with Gasteiger partial charge in [-0.25, -0.2) is 27.7 Å². The molecule has 1 aromatic carbocycles. The number of halogens is 3. The van der Waals surface area contributed by atoms with E-state index in [1.807, 2.05) is 13.8 Å². The maximum Gasteiger partial charge on any atom is 0.177 e. The van der Waals surface area contributed by atoms with Gasteiger partial charge in [-0.05, 0) is 32.4 Å². The number of fused-ring (bicyclic) bond motifs is 2. The molecule has 5 nitrogen and oxygen atoms in total. The van der Waals surface area contributed by atoms with Gasteiger partial charge in [0, 0.05) is 29.8 Å². The quantitative estimate of drug-likeness (QED) is 0.527. The summed E-state index contributed by atoms with van der Waals surface area (Å²) in [6.07, 6.45) is 2.64. The summed E-state index contributed by atoms with van der Waals surface area (Å²) < 4.78 is 42.6. The fraction of sp³-hybridized carbons (Fsp3) is 0.222. The van der Waals surface area contributed by atoms with E-state index in [-0.39, 0.29) is 10.9 Å². The molecular formula is C18H14F3N5. The lowest BCUT2D eigenvalue weighted by Crippen LogP contribution is -2.00. The van der Waals surface area contributed by atoms with Crippen LogP contribution >= 0.6 is 0 Å². The fourth-order valence-corrected chi connectivity index (χ4v) is 2.85. The summed E-state index contributed by atoms with van der Waals surface area (Å²) in [6, 6.07) is 3.41. The van der Waals surface area contributed by atoms with E-state index >= 15 is 0 Å². The summed E-state index contributed by atoms with van der Waals surface area (Å²) in [5.41, 5.74) is 2.70. The molecule has 0 radical (unpaired) electrons. The van der Waals surface area contributed by atoms with Crippen LogP contribution in [0.3, 0.4) is 0 Å². The van der Waals surface area contributed by atoms with Crippen molar-refractivity contribution >= 4 is 16.6 Å². The van der Waals surface area contributed by atoms with Gasteiger partial charge in [0.05, 0.1) is 11.4 Å². The number of pyridine rings is 1. The van der Waals surface area contributed by atoms with E-state index in [1.54, 1.807) is 16.8 Å². The summed E-state index contributed by atoms with van der Waals surface area (Å²) in [6.45, 7) is 3.74. The van der Waals surface area contributed by atoms with E-state index < -0.39 is 17.5 Å². The highest BCUT2D eigenvalue weighted by molar-refractivity contribution is 5.80. The average molecular weight is 357 g/mol. The molecule has 0 fully saturated rings. The van der Waals surface area contributed by atoms with Crippen molar-refractivity contribution < 1.29 is 13.2 Å². The van der Waals surface area contributed by atoms with Crippen LogP contribution < -0.4 is 0 Å². The second-order valence-corrected chi connectivity index (χ2v) is 6.10. The zero-order chi connectivity index (χ0) is 18.4. The Morgan fingerprint density at radius 3 is 2.58 bits per heavy atom. The molecule has 0 saturated heterocycles. The molecule has 0 unspecified atom stereocenters. The molecule has 0 spiro atoms. The van der Waals surface area contributed by atoms with Crippen LogP contribution in [0.5, 0.6) is 0 Å². The lowest BCUT2D eigenvalue weighted by atomic mass is 10.1. The van der Waals surface area contributed by atoms with Crippen LogP contribution in [0.15, 0.2) is 24.4 Å². The Morgan fingerprint density at radius 1 is 1.00 bits per heavy atom. The molecule has 8 heteroatoms. The highest BCUT2D eigenvalue weighted by Gasteiger charge is 2.14. The van der Waals surface area contributed by atoms with Crippen LogP contribution in [-0.2, 0) is 12.8 Å². The zero-order valence-corrected chi connectivity index (χ0v) is 14.1. The first-order valence-electron chi connectivity index (χ1n) is 8.05. The second-order valence-electron chi connectivity index (χ2n) is 6.10. The van der Waals surface area contributed by atoms with Gasteiger partial charge in [0.2, 0.25) is 0 Å². The monoisotopic (exact) mass is 357 g/mol. The van der Waals surface area contributed by atoms with Crippen molar-refractivity contribution in [2.75, 3.05) is 0 Å². The van der Waals surface area contributed by atoms with Crippen LogP contribution in [0.2, 0.25) is 0 Å². The third kappa shape index (κ3) is 2.67. The fourth-order valence-electron chi connectivity index (χ4n) is 2.85. The van der Waals surface area contributed by atoms with Crippen molar-refractivity contribution in [2.24, 2.45) is 0 Å². The molecule has 0 aliphatic rings. The molecule has 0 saturated carbocycles. The van der Waals surface area contributed by atoms with Crippen molar-refractivity contribution in [3.63, 3.8) is 0 Å². The highest BCUT2D eigenvalue weighted by atomic mass is 19.2. The Morgan fingerprint density at radius 2 is 1.81 bits per heavy atom. The molecule has 0 amide bonds. The van der Waals surface area contributed by atoms with Crippen LogP contribution in [0.25, 0.3) is 16.6 Å². The third-order valence-corrected chi connectivity index (χ3v) is 4.24. The SMILES string of the molecule is Cc1ncc(C)n2nc(CCc3ccc4c(F)c(F)cc(F)c4n3)nc12. The van der Waals surface area contributed by atoms with Crippen molar-refractivity contribution in [1.82, 2.24) is 24.6 Å². The summed E-state index contributed by atoms with van der Waals surface area (Å²) in [4.78, 5) is 12.9. The van der Waals surface area contributed by atoms with Crippen LogP contribution in [0, 0.1) is 31.3 Å². The first-order chi connectivity index (χ1) is 12.4. The number of aromatic nitrogens is 5. The Balaban J connectivity index is 1.64. The molecule has 4 rings (SSSR count). The smallest absolute Gasteiger partial charge is 0.177 e. The van der Waals surface area contributed by atoms with Crippen LogP contribution in [0.4, 0.5) is 13.2 Å². The molecular weight excluding hydrogens is 343 g/mol. The number of nitrogens with zero attached hydrogens (tertiary/aromatic N) is 5. The van der Waals surface area contributed by atoms with E-state index in [2.05, 4.69) is 20.1 Å². The molecule has 0 aliphatic heterocycles. The van der Waals surface area contributed by atoms with Gasteiger partial charge in [-0.3, -0.25) is 4.98 Å². The number of hydrogen-bond acceptors (Lipinski definition) is 4. The van der Waals surface area contributed by atoms with E-state index in [0.29, 0.717) is 36.1 Å². The molecule has 0 bridgehead atoms. The molecule has 26 heavy (non-hydrogen) atoms. The first-order valence-corrected chi connectivity index (χ1v) is 8.05. The lowest BCUT2D eigenvalue weighted by Gasteiger charge is -2.04. The van der Waals surface area contributed by atoms with Crippen molar-refractivity contribution in [1.29, 1.82) is 0 Å². The maximum absolute atomic E-state index is 13.9. The van der Waals surface area contributed by atoms with E-state index in [4.69, 9.17) is 0 Å². The molecule has 132 valence electrons. The standard InChI is InChI=1S/C18H14F3N5/c1-9-8-22-10(2)18-24-15(25-26(9)18)6-4-11-3-5-12-16(21)13(19)7-14(20)17(12)23-11/h3,5,7-8H,4,6H2,1-2H3. The summed E-state index contributed by atoms with van der Waals surface area (Å²) in [5.74, 6) is -2.60. The Kier molecular flexibility index (Phi) is 3.82. The van der Waals surface area contributed by atoms with E-state index in [1.165, 1.54) is 6.07 Å². The third-order valence-electron chi connectivity index (χ3n) is 4.24. The van der Waals surface area contributed by atoms with Gasteiger partial charge in [-0.1, -0.05) is 0 Å². The van der Waals surface area contributed by atoms with Gasteiger partial charge < -0.3 is 0 Å². The Bertz CT molecular complexity index is 1110. The topological polar surface area (TPSA) is 56.0 Å². The lowest BCUT2D eigenvalue weighted by molar-refractivity contribution is 0.505. The summed E-state index contributed by atoms with van der Waals surface area (Å²) in [7, 11) is 0. The van der Waals surface area contributed by atoms with Crippen LogP contribution in [-0.4, -0.2) is 24.6 Å². The molecule has 3 aromatic heterocycles. The summed E-state index contributed by atoms with van der Waals surface area (Å²) >= 11 is 0. The molecule has 0 aliphatic carbocycles. The van der Waals surface area contributed by atoms with Gasteiger partial charge >= 0.3 is 0 Å². The van der Waals surface area contributed by atoms with Crippen molar-refractivity contribution in [2.45, 2.75) is 26.7 Å². The van der Waals surface area contributed by atoms with E-state index in [9.17, 15) is 13.2 Å². The summed E-state index contributed by atoms with van der Waals surface area (Å²) in [5, 5.41) is 4.28. The van der Waals surface area contributed by atoms with Gasteiger partial charge in [0.15, 0.2) is 28.9 Å². The predicted molar refractivity (Wildman–Crippen MR) is 89.3 cm³/mol. The number of hydrogen-bond donors (Lipinski definition) is 0. The molecule has 0 N–H and O–H groups in total. The minimum absolute atomic E-state index is 0.172. The number of rotatable bonds is 3. The Hall–Kier alpha value is -3.03. The van der Waals surface area contributed by atoms with E-state index in [0.717, 1.165) is 11.4 Å². The normalized spacial score (nSPS) is 11.6. The molecule has 0 atom stereocenters. The molecule has 4 aromatic rings. The first kappa shape index (κ1) is 16.4. The number of benzene rings is 1. The average Bonchev–Trinajstić information content (AvgIpc) is 3.07. The molecule has 3 heterocycles. The maximum atomic E-state index is 13.9. The van der Waals surface area contributed by atoms with Crippen LogP contribution in [0.1, 0.15) is 22.9 Å². The minimum atomic E-state index is -1.22. The second kappa shape index (κ2) is 6.05. The van der Waals surface area contributed by atoms with Gasteiger partial charge in [0.1, 0.15) is 5.52 Å². The van der Waals surface area contributed by atoms with Crippen molar-refractivity contribution in [3.8, 4) is 0 Å². The predicted octanol–water partition coefficient (Wildman–Crippen LogP) is 3.49. The van der Waals surface area contributed by atoms with Gasteiger partial charge in [-0.2, -0.15) is 5.10 Å². The largest absolute Gasteiger partial charge is 0.256 e. The number of aryl methyl sites for hydroxylation is 4. The highest BCUT2D eigenvalue weighted by Crippen LogP contribution is 2.22.